The molecule has 2 aromatic carbocycles. The predicted octanol–water partition coefficient (Wildman–Crippen LogP) is 2.95. The van der Waals surface area contributed by atoms with Gasteiger partial charge in [0.15, 0.2) is 0 Å². The van der Waals surface area contributed by atoms with Crippen LogP contribution in [0, 0.1) is 5.82 Å². The van der Waals surface area contributed by atoms with E-state index in [1.54, 1.807) is 17.0 Å². The van der Waals surface area contributed by atoms with E-state index in [1.165, 1.54) is 12.1 Å². The van der Waals surface area contributed by atoms with Crippen LogP contribution >= 0.6 is 0 Å². The predicted molar refractivity (Wildman–Crippen MR) is 106 cm³/mol. The van der Waals surface area contributed by atoms with Gasteiger partial charge in [-0.05, 0) is 42.3 Å². The lowest BCUT2D eigenvalue weighted by Crippen LogP contribution is -2.43. The second-order valence-corrected chi connectivity index (χ2v) is 6.89. The third-order valence-electron chi connectivity index (χ3n) is 4.95. The van der Waals surface area contributed by atoms with Crippen molar-refractivity contribution in [3.8, 4) is 0 Å². The largest absolute Gasteiger partial charge is 0.361 e. The minimum atomic E-state index is -0.348. The van der Waals surface area contributed by atoms with E-state index in [9.17, 15) is 14.0 Å². The number of halogens is 1. The van der Waals surface area contributed by atoms with Crippen molar-refractivity contribution >= 4 is 28.5 Å². The fourth-order valence-corrected chi connectivity index (χ4v) is 3.56. The molecular weight excluding hydrogens is 359 g/mol. The molecule has 2 heterocycles. The summed E-state index contributed by atoms with van der Waals surface area (Å²) in [6, 6.07) is 13.2. The van der Waals surface area contributed by atoms with Gasteiger partial charge in [0.1, 0.15) is 5.82 Å². The number of nitrogens with zero attached hydrogens (tertiary/aromatic N) is 1. The van der Waals surface area contributed by atoms with Crippen molar-refractivity contribution in [2.24, 2.45) is 0 Å². The number of hydrogen-bond donors (Lipinski definition) is 3. The van der Waals surface area contributed by atoms with Gasteiger partial charge in [0.05, 0.1) is 6.04 Å². The van der Waals surface area contributed by atoms with Gasteiger partial charge in [0.25, 0.3) is 0 Å². The molecule has 0 saturated carbocycles. The minimum Gasteiger partial charge on any atom is -0.361 e. The van der Waals surface area contributed by atoms with Gasteiger partial charge in [-0.25, -0.2) is 9.18 Å². The third-order valence-corrected chi connectivity index (χ3v) is 4.95. The fourth-order valence-electron chi connectivity index (χ4n) is 3.56. The lowest BCUT2D eigenvalue weighted by atomic mass is 10.1. The lowest BCUT2D eigenvalue weighted by molar-refractivity contribution is -0.117. The van der Waals surface area contributed by atoms with Crippen molar-refractivity contribution in [2.75, 3.05) is 18.0 Å². The number of anilines is 1. The number of aromatic amines is 1. The van der Waals surface area contributed by atoms with Crippen LogP contribution in [0.1, 0.15) is 12.0 Å². The van der Waals surface area contributed by atoms with Crippen LogP contribution in [0.25, 0.3) is 10.9 Å². The highest BCUT2D eigenvalue weighted by atomic mass is 19.1. The van der Waals surface area contributed by atoms with E-state index in [1.807, 2.05) is 24.4 Å². The molecule has 0 aliphatic carbocycles. The summed E-state index contributed by atoms with van der Waals surface area (Å²) in [4.78, 5) is 29.2. The van der Waals surface area contributed by atoms with Crippen molar-refractivity contribution in [3.05, 3.63) is 66.1 Å². The number of para-hydroxylation sites is 1. The van der Waals surface area contributed by atoms with Gasteiger partial charge >= 0.3 is 6.03 Å². The molecule has 0 radical (unpaired) electrons. The molecule has 1 saturated heterocycles. The number of amides is 3. The Labute approximate surface area is 161 Å². The number of H-pyrrole nitrogens is 1. The summed E-state index contributed by atoms with van der Waals surface area (Å²) in [5.41, 5.74) is 2.86. The highest BCUT2D eigenvalue weighted by Crippen LogP contribution is 2.22. The van der Waals surface area contributed by atoms with E-state index in [0.717, 1.165) is 16.5 Å². The van der Waals surface area contributed by atoms with Gasteiger partial charge in [0, 0.05) is 42.3 Å². The normalized spacial score (nSPS) is 16.5. The maximum Gasteiger partial charge on any atom is 0.315 e. The maximum absolute atomic E-state index is 13.1. The Kier molecular flexibility index (Phi) is 4.97. The minimum absolute atomic E-state index is 0.0873. The Morgan fingerprint density at radius 2 is 1.96 bits per heavy atom. The van der Waals surface area contributed by atoms with Gasteiger partial charge in [0.2, 0.25) is 5.91 Å². The number of benzene rings is 2. The van der Waals surface area contributed by atoms with Gasteiger partial charge in [-0.15, -0.1) is 0 Å². The molecule has 4 rings (SSSR count). The Morgan fingerprint density at radius 1 is 1.18 bits per heavy atom. The zero-order valence-electron chi connectivity index (χ0n) is 15.2. The van der Waals surface area contributed by atoms with E-state index >= 15 is 0 Å². The first kappa shape index (κ1) is 18.0. The number of nitrogens with one attached hydrogen (secondary N) is 3. The topological polar surface area (TPSA) is 77.2 Å². The molecule has 6 nitrogen and oxygen atoms in total. The summed E-state index contributed by atoms with van der Waals surface area (Å²) in [7, 11) is 0. The average molecular weight is 380 g/mol. The number of fused-ring (bicyclic) bond motifs is 1. The summed E-state index contributed by atoms with van der Waals surface area (Å²) in [5, 5.41) is 6.84. The molecule has 28 heavy (non-hydrogen) atoms. The average Bonchev–Trinajstić information content (AvgIpc) is 3.26. The van der Waals surface area contributed by atoms with Crippen LogP contribution in [-0.2, 0) is 11.2 Å². The molecule has 1 fully saturated rings. The maximum atomic E-state index is 13.1. The van der Waals surface area contributed by atoms with E-state index < -0.39 is 0 Å². The van der Waals surface area contributed by atoms with Crippen molar-refractivity contribution < 1.29 is 14.0 Å². The molecule has 1 aliphatic heterocycles. The Balaban J connectivity index is 1.27. The highest BCUT2D eigenvalue weighted by Gasteiger charge is 2.31. The molecule has 0 spiro atoms. The molecule has 144 valence electrons. The molecule has 1 aliphatic rings. The van der Waals surface area contributed by atoms with Crippen LogP contribution in [-0.4, -0.2) is 36.1 Å². The SMILES string of the molecule is O=C(NCCc1c[nH]c2ccccc12)N[C@@H]1CC(=O)N(c2ccc(F)cc2)C1. The fraction of sp³-hybridized carbons (Fsp3) is 0.238. The van der Waals surface area contributed by atoms with Crippen molar-refractivity contribution in [1.29, 1.82) is 0 Å². The van der Waals surface area contributed by atoms with Crippen LogP contribution in [0.4, 0.5) is 14.9 Å². The Hall–Kier alpha value is -3.35. The second-order valence-electron chi connectivity index (χ2n) is 6.89. The molecule has 3 N–H and O–H groups in total. The summed E-state index contributed by atoms with van der Waals surface area (Å²) in [5.74, 6) is -0.435. The smallest absolute Gasteiger partial charge is 0.315 e. The number of urea groups is 1. The van der Waals surface area contributed by atoms with Gasteiger partial charge < -0.3 is 20.5 Å². The van der Waals surface area contributed by atoms with Gasteiger partial charge in [-0.3, -0.25) is 4.79 Å². The van der Waals surface area contributed by atoms with Crippen LogP contribution in [0.15, 0.2) is 54.7 Å². The number of rotatable bonds is 5. The van der Waals surface area contributed by atoms with Crippen LogP contribution in [0.5, 0.6) is 0 Å². The molecule has 1 aromatic heterocycles. The van der Waals surface area contributed by atoms with E-state index in [0.29, 0.717) is 25.2 Å². The first-order valence-corrected chi connectivity index (χ1v) is 9.25. The summed E-state index contributed by atoms with van der Waals surface area (Å²) in [6.45, 7) is 0.871. The number of carbonyl (C=O) groups is 2. The van der Waals surface area contributed by atoms with E-state index in [-0.39, 0.29) is 30.2 Å². The second kappa shape index (κ2) is 7.72. The van der Waals surface area contributed by atoms with Crippen LogP contribution in [0.3, 0.4) is 0 Å². The molecule has 1 atom stereocenters. The highest BCUT2D eigenvalue weighted by molar-refractivity contribution is 5.96. The molecule has 3 aromatic rings. The zero-order chi connectivity index (χ0) is 19.5. The van der Waals surface area contributed by atoms with Crippen molar-refractivity contribution in [3.63, 3.8) is 0 Å². The van der Waals surface area contributed by atoms with Crippen molar-refractivity contribution in [1.82, 2.24) is 15.6 Å². The number of hydrogen-bond acceptors (Lipinski definition) is 2. The van der Waals surface area contributed by atoms with E-state index in [4.69, 9.17) is 0 Å². The molecular formula is C21H21FN4O2. The molecule has 0 bridgehead atoms. The molecule has 0 unspecified atom stereocenters. The van der Waals surface area contributed by atoms with Crippen LogP contribution in [0.2, 0.25) is 0 Å². The summed E-state index contributed by atoms with van der Waals surface area (Å²) in [6.07, 6.45) is 2.90. The quantitative estimate of drug-likeness (QED) is 0.636. The lowest BCUT2D eigenvalue weighted by Gasteiger charge is -2.17. The standard InChI is InChI=1S/C21H21FN4O2/c22-15-5-7-17(8-6-15)26-13-16(11-20(26)27)25-21(28)23-10-9-14-12-24-19-4-2-1-3-18(14)19/h1-8,12,16,24H,9-11,13H2,(H2,23,25,28)/t16-/m1/s1. The number of carbonyl (C=O) groups excluding carboxylic acids is 2. The summed E-state index contributed by atoms with van der Waals surface area (Å²) >= 11 is 0. The molecule has 7 heteroatoms. The molecule has 3 amide bonds. The Bertz CT molecular complexity index is 999. The van der Waals surface area contributed by atoms with E-state index in [2.05, 4.69) is 21.7 Å². The number of aromatic nitrogens is 1. The first-order valence-electron chi connectivity index (χ1n) is 9.25. The summed E-state index contributed by atoms with van der Waals surface area (Å²) < 4.78 is 13.1. The van der Waals surface area contributed by atoms with Crippen LogP contribution < -0.4 is 15.5 Å². The van der Waals surface area contributed by atoms with Gasteiger partial charge in [-0.1, -0.05) is 18.2 Å². The first-order chi connectivity index (χ1) is 13.6. The van der Waals surface area contributed by atoms with Gasteiger partial charge in [-0.2, -0.15) is 0 Å². The third kappa shape index (κ3) is 3.83. The van der Waals surface area contributed by atoms with Crippen molar-refractivity contribution in [2.45, 2.75) is 18.9 Å². The monoisotopic (exact) mass is 380 g/mol. The zero-order valence-corrected chi connectivity index (χ0v) is 15.2. The Morgan fingerprint density at radius 3 is 2.79 bits per heavy atom.